The molecule has 0 saturated heterocycles. The molecule has 0 fully saturated rings. The van der Waals surface area contributed by atoms with Gasteiger partial charge in [0, 0.05) is 12.5 Å². The molecule has 0 radical (unpaired) electrons. The van der Waals surface area contributed by atoms with Gasteiger partial charge in [-0.15, -0.1) is 0 Å². The smallest absolute Gasteiger partial charge is 0.237 e. The van der Waals surface area contributed by atoms with Crippen molar-refractivity contribution in [2.75, 3.05) is 13.1 Å². The molecular formula is C12H25N3O2. The number of carbonyl (C=O) groups is 2. The first-order chi connectivity index (χ1) is 7.99. The fourth-order valence-corrected chi connectivity index (χ4v) is 1.64. The lowest BCUT2D eigenvalue weighted by molar-refractivity contribution is -0.137. The zero-order valence-electron chi connectivity index (χ0n) is 10.9. The molecule has 4 N–H and O–H groups in total. The van der Waals surface area contributed by atoms with Crippen LogP contribution in [-0.2, 0) is 9.59 Å². The monoisotopic (exact) mass is 243 g/mol. The van der Waals surface area contributed by atoms with Crippen molar-refractivity contribution in [3.05, 3.63) is 0 Å². The summed E-state index contributed by atoms with van der Waals surface area (Å²) in [5, 5.41) is 0. The summed E-state index contributed by atoms with van der Waals surface area (Å²) >= 11 is 0. The van der Waals surface area contributed by atoms with Gasteiger partial charge in [0.25, 0.3) is 0 Å². The van der Waals surface area contributed by atoms with E-state index in [0.717, 1.165) is 25.7 Å². The molecule has 0 aromatic carbocycles. The van der Waals surface area contributed by atoms with Gasteiger partial charge in [0.05, 0.1) is 6.54 Å². The van der Waals surface area contributed by atoms with Crippen LogP contribution in [0.2, 0.25) is 0 Å². The van der Waals surface area contributed by atoms with Crippen molar-refractivity contribution >= 4 is 11.8 Å². The second-order valence-corrected chi connectivity index (χ2v) is 4.53. The third kappa shape index (κ3) is 7.74. The average Bonchev–Trinajstić information content (AvgIpc) is 2.24. The normalized spacial score (nSPS) is 10.6. The summed E-state index contributed by atoms with van der Waals surface area (Å²) in [6.07, 6.45) is 4.40. The van der Waals surface area contributed by atoms with Gasteiger partial charge in [-0.3, -0.25) is 9.59 Å². The highest BCUT2D eigenvalue weighted by Gasteiger charge is 2.17. The molecule has 100 valence electrons. The summed E-state index contributed by atoms with van der Waals surface area (Å²) in [7, 11) is 0. The molecule has 0 aromatic rings. The quantitative estimate of drug-likeness (QED) is 0.582. The highest BCUT2D eigenvalue weighted by Crippen LogP contribution is 2.07. The molecule has 2 amide bonds. The van der Waals surface area contributed by atoms with Gasteiger partial charge in [-0.2, -0.15) is 0 Å². The summed E-state index contributed by atoms with van der Waals surface area (Å²) in [6, 6.07) is 0.0130. The van der Waals surface area contributed by atoms with Crippen LogP contribution < -0.4 is 11.5 Å². The van der Waals surface area contributed by atoms with E-state index in [2.05, 4.69) is 0 Å². The molecule has 0 bridgehead atoms. The number of carbonyl (C=O) groups excluding carboxylic acids is 2. The van der Waals surface area contributed by atoms with E-state index in [1.165, 1.54) is 4.90 Å². The lowest BCUT2D eigenvalue weighted by Crippen LogP contribution is -2.42. The summed E-state index contributed by atoms with van der Waals surface area (Å²) in [5.41, 5.74) is 10.5. The van der Waals surface area contributed by atoms with Gasteiger partial charge in [0.2, 0.25) is 11.8 Å². The predicted molar refractivity (Wildman–Crippen MR) is 68.2 cm³/mol. The van der Waals surface area contributed by atoms with Gasteiger partial charge < -0.3 is 16.4 Å². The van der Waals surface area contributed by atoms with Gasteiger partial charge in [-0.1, -0.05) is 12.8 Å². The second kappa shape index (κ2) is 8.98. The summed E-state index contributed by atoms with van der Waals surface area (Å²) in [4.78, 5) is 24.2. The first kappa shape index (κ1) is 15.9. The lowest BCUT2D eigenvalue weighted by atomic mass is 10.1. The van der Waals surface area contributed by atoms with Crippen LogP contribution in [0.25, 0.3) is 0 Å². The number of hydrogen-bond donors (Lipinski definition) is 2. The fraction of sp³-hybridized carbons (Fsp3) is 0.833. The van der Waals surface area contributed by atoms with Crippen LogP contribution in [0.15, 0.2) is 0 Å². The molecule has 0 aliphatic carbocycles. The van der Waals surface area contributed by atoms with Crippen molar-refractivity contribution in [1.29, 1.82) is 0 Å². The third-order valence-corrected chi connectivity index (χ3v) is 2.61. The Bertz CT molecular complexity index is 242. The van der Waals surface area contributed by atoms with E-state index >= 15 is 0 Å². The predicted octanol–water partition coefficient (Wildman–Crippen LogP) is 0.618. The number of primary amides is 1. The minimum Gasteiger partial charge on any atom is -0.368 e. The Kier molecular flexibility index (Phi) is 8.40. The van der Waals surface area contributed by atoms with E-state index < -0.39 is 5.91 Å². The summed E-state index contributed by atoms with van der Waals surface area (Å²) in [6.45, 7) is 4.48. The Balaban J connectivity index is 3.94. The number of nitrogens with two attached hydrogens (primary N) is 2. The molecule has 5 heteroatoms. The minimum absolute atomic E-state index is 0.00606. The number of rotatable bonds is 9. The summed E-state index contributed by atoms with van der Waals surface area (Å²) < 4.78 is 0. The molecule has 0 aromatic heterocycles. The maximum Gasteiger partial charge on any atom is 0.237 e. The van der Waals surface area contributed by atoms with E-state index in [9.17, 15) is 9.59 Å². The Hall–Kier alpha value is -1.10. The Morgan fingerprint density at radius 2 is 1.71 bits per heavy atom. The molecule has 0 heterocycles. The Labute approximate surface area is 104 Å². The number of amides is 2. The molecule has 0 atom stereocenters. The number of nitrogens with zero attached hydrogens (tertiary/aromatic N) is 1. The Morgan fingerprint density at radius 1 is 1.12 bits per heavy atom. The van der Waals surface area contributed by atoms with E-state index in [0.29, 0.717) is 13.0 Å². The zero-order chi connectivity index (χ0) is 13.3. The topological polar surface area (TPSA) is 89.4 Å². The molecule has 0 spiro atoms. The van der Waals surface area contributed by atoms with Crippen LogP contribution in [0.3, 0.4) is 0 Å². The van der Waals surface area contributed by atoms with Crippen LogP contribution in [0.1, 0.15) is 46.0 Å². The van der Waals surface area contributed by atoms with Crippen molar-refractivity contribution < 1.29 is 9.59 Å². The number of unbranched alkanes of at least 4 members (excludes halogenated alkanes) is 3. The van der Waals surface area contributed by atoms with Gasteiger partial charge in [0.1, 0.15) is 0 Å². The standard InChI is InChI=1S/C12H25N3O2/c1-10(2)15(9-11(14)16)12(17)7-5-3-4-6-8-13/h10H,3-9,13H2,1-2H3,(H2,14,16). The number of hydrogen-bond acceptors (Lipinski definition) is 3. The van der Waals surface area contributed by atoms with Crippen molar-refractivity contribution in [1.82, 2.24) is 4.90 Å². The third-order valence-electron chi connectivity index (χ3n) is 2.61. The first-order valence-electron chi connectivity index (χ1n) is 6.27. The maximum absolute atomic E-state index is 11.8. The van der Waals surface area contributed by atoms with Crippen LogP contribution in [0.4, 0.5) is 0 Å². The van der Waals surface area contributed by atoms with E-state index in [-0.39, 0.29) is 18.5 Å². The van der Waals surface area contributed by atoms with Crippen LogP contribution >= 0.6 is 0 Å². The largest absolute Gasteiger partial charge is 0.368 e. The minimum atomic E-state index is -0.463. The van der Waals surface area contributed by atoms with Crippen LogP contribution in [0.5, 0.6) is 0 Å². The molecule has 0 rings (SSSR count). The van der Waals surface area contributed by atoms with Crippen molar-refractivity contribution in [3.8, 4) is 0 Å². The molecule has 0 unspecified atom stereocenters. The second-order valence-electron chi connectivity index (χ2n) is 4.53. The van der Waals surface area contributed by atoms with Gasteiger partial charge >= 0.3 is 0 Å². The lowest BCUT2D eigenvalue weighted by Gasteiger charge is -2.25. The van der Waals surface area contributed by atoms with E-state index in [1.807, 2.05) is 13.8 Å². The van der Waals surface area contributed by atoms with Crippen molar-refractivity contribution in [3.63, 3.8) is 0 Å². The average molecular weight is 243 g/mol. The highest BCUT2D eigenvalue weighted by molar-refractivity contribution is 5.83. The van der Waals surface area contributed by atoms with Crippen LogP contribution in [0, 0.1) is 0 Å². The molecule has 0 aliphatic heterocycles. The van der Waals surface area contributed by atoms with Crippen molar-refractivity contribution in [2.45, 2.75) is 52.0 Å². The van der Waals surface area contributed by atoms with E-state index in [1.54, 1.807) is 0 Å². The first-order valence-corrected chi connectivity index (χ1v) is 6.27. The zero-order valence-corrected chi connectivity index (χ0v) is 10.9. The molecule has 5 nitrogen and oxygen atoms in total. The van der Waals surface area contributed by atoms with Crippen molar-refractivity contribution in [2.24, 2.45) is 11.5 Å². The SMILES string of the molecule is CC(C)N(CC(N)=O)C(=O)CCCCCCN. The maximum atomic E-state index is 11.8. The molecule has 0 saturated carbocycles. The molecular weight excluding hydrogens is 218 g/mol. The van der Waals surface area contributed by atoms with Gasteiger partial charge in [-0.05, 0) is 33.2 Å². The van der Waals surface area contributed by atoms with Gasteiger partial charge in [0.15, 0.2) is 0 Å². The molecule has 0 aliphatic rings. The van der Waals surface area contributed by atoms with Gasteiger partial charge in [-0.25, -0.2) is 0 Å². The summed E-state index contributed by atoms with van der Waals surface area (Å²) in [5.74, 6) is -0.457. The molecule has 17 heavy (non-hydrogen) atoms. The highest BCUT2D eigenvalue weighted by atomic mass is 16.2. The Morgan fingerprint density at radius 3 is 2.18 bits per heavy atom. The van der Waals surface area contributed by atoms with Crippen LogP contribution in [-0.4, -0.2) is 35.8 Å². The fourth-order valence-electron chi connectivity index (χ4n) is 1.64. The van der Waals surface area contributed by atoms with E-state index in [4.69, 9.17) is 11.5 Å².